The average Bonchev–Trinajstić information content (AvgIpc) is 2.90. The zero-order chi connectivity index (χ0) is 21.8. The van der Waals surface area contributed by atoms with Crippen molar-refractivity contribution in [3.8, 4) is 0 Å². The van der Waals surface area contributed by atoms with Gasteiger partial charge in [-0.1, -0.05) is 121 Å². The molecule has 0 unspecified atom stereocenters. The molecule has 0 saturated carbocycles. The van der Waals surface area contributed by atoms with E-state index in [2.05, 4.69) is 121 Å². The first-order valence-corrected chi connectivity index (χ1v) is 11.0. The van der Waals surface area contributed by atoms with Crippen LogP contribution >= 0.6 is 0 Å². The molecule has 2 heteroatoms. The van der Waals surface area contributed by atoms with Crippen LogP contribution in [0.2, 0.25) is 0 Å². The van der Waals surface area contributed by atoms with Gasteiger partial charge in [-0.05, 0) is 33.4 Å². The molecular formula is C30H28O2. The highest BCUT2D eigenvalue weighted by Crippen LogP contribution is 2.36. The van der Waals surface area contributed by atoms with Gasteiger partial charge < -0.3 is 9.47 Å². The minimum atomic E-state index is 0.778. The van der Waals surface area contributed by atoms with Crippen molar-refractivity contribution in [2.24, 2.45) is 0 Å². The SMILES string of the molecule is C1COCCO1.c1ccc(C(=C(c2ccccc2)c2ccccc2)c2ccccc2)cc1. The summed E-state index contributed by atoms with van der Waals surface area (Å²) < 4.78 is 9.89. The molecule has 1 saturated heterocycles. The summed E-state index contributed by atoms with van der Waals surface area (Å²) in [6.07, 6.45) is 0. The molecule has 0 spiro atoms. The largest absolute Gasteiger partial charge is 0.377 e. The minimum Gasteiger partial charge on any atom is -0.377 e. The molecule has 0 atom stereocenters. The Morgan fingerprint density at radius 2 is 0.562 bits per heavy atom. The maximum absolute atomic E-state index is 4.94. The third kappa shape index (κ3) is 5.82. The average molecular weight is 421 g/mol. The fourth-order valence-electron chi connectivity index (χ4n) is 3.77. The van der Waals surface area contributed by atoms with E-state index in [1.54, 1.807) is 0 Å². The highest BCUT2D eigenvalue weighted by Gasteiger charge is 2.15. The fraction of sp³-hybridized carbons (Fsp3) is 0.133. The number of rotatable bonds is 4. The van der Waals surface area contributed by atoms with Crippen LogP contribution in [0.3, 0.4) is 0 Å². The van der Waals surface area contributed by atoms with Gasteiger partial charge in [0.2, 0.25) is 0 Å². The smallest absolute Gasteiger partial charge is 0.0701 e. The Morgan fingerprint density at radius 1 is 0.344 bits per heavy atom. The van der Waals surface area contributed by atoms with Crippen LogP contribution in [0.4, 0.5) is 0 Å². The molecule has 2 nitrogen and oxygen atoms in total. The normalized spacial score (nSPS) is 12.9. The molecule has 4 aromatic rings. The molecule has 0 radical (unpaired) electrons. The predicted octanol–water partition coefficient (Wildman–Crippen LogP) is 6.73. The van der Waals surface area contributed by atoms with Crippen molar-refractivity contribution in [1.82, 2.24) is 0 Å². The molecule has 1 aliphatic rings. The van der Waals surface area contributed by atoms with Crippen LogP contribution in [-0.2, 0) is 9.47 Å². The fourth-order valence-corrected chi connectivity index (χ4v) is 3.77. The van der Waals surface area contributed by atoms with Crippen LogP contribution in [-0.4, -0.2) is 26.4 Å². The van der Waals surface area contributed by atoms with Crippen LogP contribution in [0, 0.1) is 0 Å². The molecule has 0 amide bonds. The van der Waals surface area contributed by atoms with Crippen LogP contribution in [0.1, 0.15) is 22.3 Å². The molecule has 32 heavy (non-hydrogen) atoms. The summed E-state index contributed by atoms with van der Waals surface area (Å²) in [5, 5.41) is 0. The number of hydrogen-bond acceptors (Lipinski definition) is 2. The lowest BCUT2D eigenvalue weighted by atomic mass is 9.86. The highest BCUT2D eigenvalue weighted by molar-refractivity contribution is 6.04. The molecule has 1 heterocycles. The topological polar surface area (TPSA) is 18.5 Å². The van der Waals surface area contributed by atoms with Gasteiger partial charge in [-0.15, -0.1) is 0 Å². The van der Waals surface area contributed by atoms with Crippen LogP contribution < -0.4 is 0 Å². The summed E-state index contributed by atoms with van der Waals surface area (Å²) in [4.78, 5) is 0. The van der Waals surface area contributed by atoms with E-state index in [-0.39, 0.29) is 0 Å². The molecule has 0 aliphatic carbocycles. The predicted molar refractivity (Wildman–Crippen MR) is 132 cm³/mol. The molecule has 5 rings (SSSR count). The Labute approximate surface area is 190 Å². The molecule has 0 bridgehead atoms. The summed E-state index contributed by atoms with van der Waals surface area (Å²) in [6.45, 7) is 3.11. The zero-order valence-electron chi connectivity index (χ0n) is 18.2. The molecular weight excluding hydrogens is 392 g/mol. The summed E-state index contributed by atoms with van der Waals surface area (Å²) >= 11 is 0. The molecule has 1 aliphatic heterocycles. The first-order valence-electron chi connectivity index (χ1n) is 11.0. The molecule has 0 N–H and O–H groups in total. The summed E-state index contributed by atoms with van der Waals surface area (Å²) in [7, 11) is 0. The maximum Gasteiger partial charge on any atom is 0.0701 e. The Kier molecular flexibility index (Phi) is 8.03. The van der Waals surface area contributed by atoms with Gasteiger partial charge in [0.25, 0.3) is 0 Å². The standard InChI is InChI=1S/C26H20.C4H8O2/c1-5-13-21(14-6-1)25(22-15-7-2-8-16-22)26(23-17-9-3-10-18-23)24-19-11-4-12-20-24;1-2-6-4-3-5-1/h1-20H;1-4H2. The van der Waals surface area contributed by atoms with Gasteiger partial charge in [0.05, 0.1) is 26.4 Å². The van der Waals surface area contributed by atoms with Gasteiger partial charge in [-0.25, -0.2) is 0 Å². The first kappa shape index (κ1) is 21.8. The van der Waals surface area contributed by atoms with E-state index in [1.807, 2.05) is 0 Å². The Balaban J connectivity index is 0.000000354. The quantitative estimate of drug-likeness (QED) is 0.341. The lowest BCUT2D eigenvalue weighted by molar-refractivity contribution is -0.0334. The van der Waals surface area contributed by atoms with Crippen molar-refractivity contribution in [1.29, 1.82) is 0 Å². The van der Waals surface area contributed by atoms with E-state index in [4.69, 9.17) is 9.47 Å². The van der Waals surface area contributed by atoms with Crippen molar-refractivity contribution < 1.29 is 9.47 Å². The van der Waals surface area contributed by atoms with Gasteiger partial charge >= 0.3 is 0 Å². The van der Waals surface area contributed by atoms with Gasteiger partial charge in [0.15, 0.2) is 0 Å². The van der Waals surface area contributed by atoms with Crippen molar-refractivity contribution in [3.05, 3.63) is 144 Å². The van der Waals surface area contributed by atoms with Crippen molar-refractivity contribution >= 4 is 11.1 Å². The number of hydrogen-bond donors (Lipinski definition) is 0. The molecule has 1 fully saturated rings. The van der Waals surface area contributed by atoms with E-state index < -0.39 is 0 Å². The molecule has 160 valence electrons. The summed E-state index contributed by atoms with van der Waals surface area (Å²) in [5.41, 5.74) is 7.40. The second kappa shape index (κ2) is 11.8. The van der Waals surface area contributed by atoms with E-state index >= 15 is 0 Å². The highest BCUT2D eigenvalue weighted by atomic mass is 16.6. The minimum absolute atomic E-state index is 0.778. The summed E-state index contributed by atoms with van der Waals surface area (Å²) in [6, 6.07) is 42.6. The monoisotopic (exact) mass is 420 g/mol. The maximum atomic E-state index is 4.94. The molecule has 4 aromatic carbocycles. The van der Waals surface area contributed by atoms with Crippen LogP contribution in [0.5, 0.6) is 0 Å². The summed E-state index contributed by atoms with van der Waals surface area (Å²) in [5.74, 6) is 0. The third-order valence-electron chi connectivity index (χ3n) is 5.24. The van der Waals surface area contributed by atoms with Crippen LogP contribution in [0.25, 0.3) is 11.1 Å². The van der Waals surface area contributed by atoms with Gasteiger partial charge in [0.1, 0.15) is 0 Å². The van der Waals surface area contributed by atoms with Gasteiger partial charge in [-0.3, -0.25) is 0 Å². The Hall–Kier alpha value is -3.46. The van der Waals surface area contributed by atoms with E-state index in [1.165, 1.54) is 33.4 Å². The van der Waals surface area contributed by atoms with Gasteiger partial charge in [0, 0.05) is 0 Å². The van der Waals surface area contributed by atoms with E-state index in [9.17, 15) is 0 Å². The number of ether oxygens (including phenoxy) is 2. The van der Waals surface area contributed by atoms with Crippen LogP contribution in [0.15, 0.2) is 121 Å². The lowest BCUT2D eigenvalue weighted by Crippen LogP contribution is -2.16. The first-order chi connectivity index (χ1) is 15.9. The van der Waals surface area contributed by atoms with Crippen molar-refractivity contribution in [2.45, 2.75) is 0 Å². The third-order valence-corrected chi connectivity index (χ3v) is 5.24. The Bertz CT molecular complexity index is 905. The van der Waals surface area contributed by atoms with Crippen molar-refractivity contribution in [3.63, 3.8) is 0 Å². The Morgan fingerprint density at radius 3 is 0.750 bits per heavy atom. The van der Waals surface area contributed by atoms with E-state index in [0.29, 0.717) is 0 Å². The number of benzene rings is 4. The molecule has 0 aromatic heterocycles. The van der Waals surface area contributed by atoms with Gasteiger partial charge in [-0.2, -0.15) is 0 Å². The lowest BCUT2D eigenvalue weighted by Gasteiger charge is -2.18. The second-order valence-electron chi connectivity index (χ2n) is 7.44. The van der Waals surface area contributed by atoms with Crippen molar-refractivity contribution in [2.75, 3.05) is 26.4 Å². The second-order valence-corrected chi connectivity index (χ2v) is 7.44. The zero-order valence-corrected chi connectivity index (χ0v) is 18.2. The van der Waals surface area contributed by atoms with E-state index in [0.717, 1.165) is 26.4 Å².